The molecule has 0 saturated heterocycles. The first kappa shape index (κ1) is 21.1. The third kappa shape index (κ3) is 5.51. The molecule has 1 aromatic carbocycles. The van der Waals surface area contributed by atoms with Gasteiger partial charge in [0.15, 0.2) is 0 Å². The molecule has 0 aliphatic rings. The van der Waals surface area contributed by atoms with Gasteiger partial charge in [0.1, 0.15) is 5.75 Å². The third-order valence-corrected chi connectivity index (χ3v) is 3.78. The zero-order valence-electron chi connectivity index (χ0n) is 12.6. The predicted molar refractivity (Wildman–Crippen MR) is 78.1 cm³/mol. The summed E-state index contributed by atoms with van der Waals surface area (Å²) in [6.45, 7) is 1.69. The number of benzene rings is 1. The Bertz CT molecular complexity index is 718. The number of hydrogen-bond donors (Lipinski definition) is 1. The number of carbonyl (C=O) groups excluding carboxylic acids is 1. The highest BCUT2D eigenvalue weighted by molar-refractivity contribution is 7.87. The molecule has 140 valence electrons. The highest BCUT2D eigenvalue weighted by Gasteiger charge is 2.65. The fourth-order valence-electron chi connectivity index (χ4n) is 1.46. The number of esters is 1. The van der Waals surface area contributed by atoms with Crippen LogP contribution in [0.1, 0.15) is 6.42 Å². The van der Waals surface area contributed by atoms with Crippen molar-refractivity contribution in [3.63, 3.8) is 0 Å². The number of ether oxygens (including phenoxy) is 2. The molecule has 0 spiro atoms. The molecule has 1 aromatic rings. The molecule has 0 aromatic heterocycles. The van der Waals surface area contributed by atoms with Crippen molar-refractivity contribution >= 4 is 16.1 Å². The Balaban J connectivity index is 2.47. The van der Waals surface area contributed by atoms with E-state index in [4.69, 9.17) is 9.29 Å². The van der Waals surface area contributed by atoms with Gasteiger partial charge in [0.25, 0.3) is 0 Å². The molecule has 0 fully saturated rings. The van der Waals surface area contributed by atoms with Crippen molar-refractivity contribution in [2.45, 2.75) is 17.6 Å². The van der Waals surface area contributed by atoms with Crippen molar-refractivity contribution in [2.75, 3.05) is 13.2 Å². The van der Waals surface area contributed by atoms with Gasteiger partial charge in [0.05, 0.1) is 18.8 Å². The van der Waals surface area contributed by atoms with Crippen LogP contribution >= 0.6 is 0 Å². The molecular formula is C14H14F4O6S. The molecule has 11 heteroatoms. The summed E-state index contributed by atoms with van der Waals surface area (Å²) in [5.41, 5.74) is -0.270. The van der Waals surface area contributed by atoms with Crippen molar-refractivity contribution in [1.82, 2.24) is 0 Å². The highest BCUT2D eigenvalue weighted by Crippen LogP contribution is 2.40. The van der Waals surface area contributed by atoms with Gasteiger partial charge < -0.3 is 9.47 Å². The van der Waals surface area contributed by atoms with Crippen molar-refractivity contribution < 1.29 is 44.8 Å². The average Bonchev–Trinajstić information content (AvgIpc) is 2.51. The maximum Gasteiger partial charge on any atom is 0.431 e. The summed E-state index contributed by atoms with van der Waals surface area (Å²) in [6, 6.07) is 7.82. The highest BCUT2D eigenvalue weighted by atomic mass is 32.2. The Morgan fingerprint density at radius 1 is 1.16 bits per heavy atom. The van der Waals surface area contributed by atoms with Gasteiger partial charge in [-0.25, -0.2) is 4.79 Å². The number of halogens is 4. The second-order valence-corrected chi connectivity index (χ2v) is 6.27. The van der Waals surface area contributed by atoms with E-state index in [1.165, 1.54) is 12.1 Å². The molecule has 0 heterocycles. The Kier molecular flexibility index (Phi) is 6.68. The van der Waals surface area contributed by atoms with E-state index in [0.29, 0.717) is 0 Å². The Hall–Kier alpha value is -1.98. The Morgan fingerprint density at radius 3 is 2.24 bits per heavy atom. The van der Waals surface area contributed by atoms with Crippen LogP contribution in [0.2, 0.25) is 0 Å². The van der Waals surface area contributed by atoms with E-state index in [0.717, 1.165) is 0 Å². The van der Waals surface area contributed by atoms with Crippen LogP contribution in [-0.4, -0.2) is 43.3 Å². The average molecular weight is 386 g/mol. The normalized spacial score (nSPS) is 12.7. The van der Waals surface area contributed by atoms with Crippen LogP contribution in [0.25, 0.3) is 0 Å². The number of para-hydroxylation sites is 1. The summed E-state index contributed by atoms with van der Waals surface area (Å²) >= 11 is 0. The van der Waals surface area contributed by atoms with Crippen LogP contribution in [0.5, 0.6) is 5.75 Å². The summed E-state index contributed by atoms with van der Waals surface area (Å²) in [7, 11) is -6.29. The SMILES string of the molecule is C=C(COCCC(F)(F)C(F)(F)S(=O)(=O)O)C(=O)Oc1ccccc1. The molecule has 0 atom stereocenters. The van der Waals surface area contributed by atoms with E-state index >= 15 is 0 Å². The first-order valence-electron chi connectivity index (χ1n) is 6.64. The standard InChI is InChI=1S/C14H14F4O6S/c1-10(12(19)24-11-5-3-2-4-6-11)9-23-8-7-13(15,16)14(17,18)25(20,21)22/h2-6H,1,7-9H2,(H,20,21,22). The van der Waals surface area contributed by atoms with Crippen LogP contribution < -0.4 is 4.74 Å². The zero-order chi connectivity index (χ0) is 19.3. The van der Waals surface area contributed by atoms with Gasteiger partial charge in [-0.3, -0.25) is 4.55 Å². The minimum absolute atomic E-state index is 0.202. The molecule has 0 amide bonds. The van der Waals surface area contributed by atoms with Gasteiger partial charge in [-0.05, 0) is 12.1 Å². The smallest absolute Gasteiger partial charge is 0.423 e. The van der Waals surface area contributed by atoms with Crippen LogP contribution in [-0.2, 0) is 19.6 Å². The Morgan fingerprint density at radius 2 is 1.72 bits per heavy atom. The molecular weight excluding hydrogens is 372 g/mol. The summed E-state index contributed by atoms with van der Waals surface area (Å²) < 4.78 is 90.5. The second-order valence-electron chi connectivity index (χ2n) is 4.81. The molecule has 6 nitrogen and oxygen atoms in total. The lowest BCUT2D eigenvalue weighted by Gasteiger charge is -2.23. The van der Waals surface area contributed by atoms with Gasteiger partial charge in [-0.2, -0.15) is 26.0 Å². The third-order valence-electron chi connectivity index (χ3n) is 2.83. The second kappa shape index (κ2) is 7.93. The predicted octanol–water partition coefficient (Wildman–Crippen LogP) is 2.67. The molecule has 0 aliphatic heterocycles. The first-order chi connectivity index (χ1) is 11.4. The molecule has 0 bridgehead atoms. The maximum atomic E-state index is 13.2. The summed E-state index contributed by atoms with van der Waals surface area (Å²) in [5.74, 6) is -5.78. The van der Waals surface area contributed by atoms with Gasteiger partial charge in [0, 0.05) is 6.42 Å². The number of rotatable bonds is 9. The topological polar surface area (TPSA) is 89.9 Å². The molecule has 1 N–H and O–H groups in total. The number of carbonyl (C=O) groups is 1. The van der Waals surface area contributed by atoms with Crippen LogP contribution in [0, 0.1) is 0 Å². The molecule has 0 aliphatic carbocycles. The molecule has 25 heavy (non-hydrogen) atoms. The minimum Gasteiger partial charge on any atom is -0.423 e. The van der Waals surface area contributed by atoms with Gasteiger partial charge >= 0.3 is 27.3 Å². The summed E-state index contributed by atoms with van der Waals surface area (Å²) in [4.78, 5) is 11.6. The summed E-state index contributed by atoms with van der Waals surface area (Å²) in [6.07, 6.45) is -1.71. The molecule has 0 radical (unpaired) electrons. The quantitative estimate of drug-likeness (QED) is 0.175. The molecule has 1 rings (SSSR count). The van der Waals surface area contributed by atoms with Crippen molar-refractivity contribution in [2.24, 2.45) is 0 Å². The van der Waals surface area contributed by atoms with Crippen LogP contribution in [0.15, 0.2) is 42.5 Å². The van der Waals surface area contributed by atoms with Gasteiger partial charge in [-0.1, -0.05) is 24.8 Å². The van der Waals surface area contributed by atoms with Crippen molar-refractivity contribution in [3.8, 4) is 5.75 Å². The lowest BCUT2D eigenvalue weighted by Crippen LogP contribution is -2.47. The zero-order valence-corrected chi connectivity index (χ0v) is 13.4. The van der Waals surface area contributed by atoms with E-state index in [1.54, 1.807) is 18.2 Å². The lowest BCUT2D eigenvalue weighted by molar-refractivity contribution is -0.170. The minimum atomic E-state index is -6.29. The van der Waals surface area contributed by atoms with E-state index in [9.17, 15) is 30.8 Å². The first-order valence-corrected chi connectivity index (χ1v) is 8.08. The monoisotopic (exact) mass is 386 g/mol. The lowest BCUT2D eigenvalue weighted by atomic mass is 10.2. The van der Waals surface area contributed by atoms with Gasteiger partial charge in [0.2, 0.25) is 0 Å². The van der Waals surface area contributed by atoms with E-state index in [-0.39, 0.29) is 11.3 Å². The van der Waals surface area contributed by atoms with E-state index in [1.807, 2.05) is 0 Å². The van der Waals surface area contributed by atoms with Crippen LogP contribution in [0.4, 0.5) is 17.6 Å². The van der Waals surface area contributed by atoms with E-state index in [2.05, 4.69) is 11.3 Å². The maximum absolute atomic E-state index is 13.2. The van der Waals surface area contributed by atoms with Crippen molar-refractivity contribution in [3.05, 3.63) is 42.5 Å². The van der Waals surface area contributed by atoms with Crippen molar-refractivity contribution in [1.29, 1.82) is 0 Å². The fraction of sp³-hybridized carbons (Fsp3) is 0.357. The Labute approximate surface area is 140 Å². The number of hydrogen-bond acceptors (Lipinski definition) is 5. The molecule has 0 saturated carbocycles. The van der Waals surface area contributed by atoms with Crippen LogP contribution in [0.3, 0.4) is 0 Å². The fourth-order valence-corrected chi connectivity index (χ4v) is 1.94. The van der Waals surface area contributed by atoms with E-state index < -0.39 is 46.9 Å². The van der Waals surface area contributed by atoms with Gasteiger partial charge in [-0.15, -0.1) is 0 Å². The summed E-state index contributed by atoms with van der Waals surface area (Å²) in [5, 5.41) is -5.66. The molecule has 0 unspecified atom stereocenters. The largest absolute Gasteiger partial charge is 0.431 e. The number of alkyl halides is 4.